The van der Waals surface area contributed by atoms with Crippen molar-refractivity contribution < 1.29 is 9.21 Å². The highest BCUT2D eigenvalue weighted by Gasteiger charge is 2.32. The van der Waals surface area contributed by atoms with Gasteiger partial charge in [0.05, 0.1) is 0 Å². The summed E-state index contributed by atoms with van der Waals surface area (Å²) in [7, 11) is 0. The van der Waals surface area contributed by atoms with Gasteiger partial charge in [0, 0.05) is 29.6 Å². The lowest BCUT2D eigenvalue weighted by atomic mass is 9.96. The topological polar surface area (TPSA) is 45.5 Å². The number of amides is 1. The molecule has 1 N–H and O–H groups in total. The summed E-state index contributed by atoms with van der Waals surface area (Å²) in [4.78, 5) is 16.0. The van der Waals surface area contributed by atoms with Crippen LogP contribution in [0.2, 0.25) is 0 Å². The number of hydrogen-bond acceptors (Lipinski definition) is 4. The molecule has 1 unspecified atom stereocenters. The molecule has 1 aromatic heterocycles. The van der Waals surface area contributed by atoms with Crippen LogP contribution in [0.3, 0.4) is 0 Å². The third kappa shape index (κ3) is 3.52. The van der Waals surface area contributed by atoms with E-state index in [1.807, 2.05) is 43.3 Å². The summed E-state index contributed by atoms with van der Waals surface area (Å²) in [6, 6.07) is 12.0. The molecule has 1 amide bonds. The van der Waals surface area contributed by atoms with Gasteiger partial charge in [0.25, 0.3) is 5.91 Å². The Hall–Kier alpha value is -1.72. The van der Waals surface area contributed by atoms with Gasteiger partial charge >= 0.3 is 0 Å². The predicted octanol–water partition coefficient (Wildman–Crippen LogP) is 3.56. The minimum atomic E-state index is 0.0351. The molecule has 5 heteroatoms. The Morgan fingerprint density at radius 1 is 1.21 bits per heavy atom. The quantitative estimate of drug-likeness (QED) is 0.923. The molecule has 3 heterocycles. The van der Waals surface area contributed by atoms with Crippen molar-refractivity contribution in [1.82, 2.24) is 10.2 Å². The minimum Gasteiger partial charge on any atom is -0.455 e. The zero-order valence-electron chi connectivity index (χ0n) is 13.8. The summed E-state index contributed by atoms with van der Waals surface area (Å²) in [6.07, 6.45) is 2.40. The van der Waals surface area contributed by atoms with Crippen LogP contribution in [-0.4, -0.2) is 36.5 Å². The Kier molecular flexibility index (Phi) is 4.37. The minimum absolute atomic E-state index is 0.0351. The standard InChI is InChI=1S/C19H22N2O2S/c1-13-2-7-18(23-13)24-17-5-3-15(4-6-17)19(22)20-16-10-14-8-9-21(11-14)12-16/h2-7,14,16H,8-12H2,1H3,(H,20,22)/t14-,16+/m0/s1. The maximum atomic E-state index is 12.5. The third-order valence-corrected chi connectivity index (χ3v) is 5.78. The molecule has 0 aliphatic carbocycles. The predicted molar refractivity (Wildman–Crippen MR) is 94.4 cm³/mol. The van der Waals surface area contributed by atoms with Gasteiger partial charge in [0.15, 0.2) is 5.09 Å². The molecule has 2 fully saturated rings. The van der Waals surface area contributed by atoms with Crippen molar-refractivity contribution in [2.75, 3.05) is 19.6 Å². The van der Waals surface area contributed by atoms with Crippen molar-refractivity contribution in [3.63, 3.8) is 0 Å². The van der Waals surface area contributed by atoms with E-state index in [9.17, 15) is 4.79 Å². The summed E-state index contributed by atoms with van der Waals surface area (Å²) in [5.41, 5.74) is 0.725. The second kappa shape index (κ2) is 6.65. The highest BCUT2D eigenvalue weighted by Crippen LogP contribution is 2.29. The first-order valence-corrected chi connectivity index (χ1v) is 9.35. The molecule has 2 bridgehead atoms. The van der Waals surface area contributed by atoms with Crippen LogP contribution in [0.25, 0.3) is 0 Å². The Morgan fingerprint density at radius 2 is 2.04 bits per heavy atom. The number of nitrogens with one attached hydrogen (secondary N) is 1. The van der Waals surface area contributed by atoms with E-state index >= 15 is 0 Å². The van der Waals surface area contributed by atoms with Crippen LogP contribution < -0.4 is 5.32 Å². The van der Waals surface area contributed by atoms with Crippen molar-refractivity contribution in [3.8, 4) is 0 Å². The molecule has 126 valence electrons. The lowest BCUT2D eigenvalue weighted by molar-refractivity contribution is 0.0909. The van der Waals surface area contributed by atoms with Gasteiger partial charge in [-0.05, 0) is 68.6 Å². The van der Waals surface area contributed by atoms with Crippen molar-refractivity contribution in [2.24, 2.45) is 5.92 Å². The maximum absolute atomic E-state index is 12.5. The van der Waals surface area contributed by atoms with Crippen LogP contribution in [0.4, 0.5) is 0 Å². The average molecular weight is 342 g/mol. The number of hydrogen-bond donors (Lipinski definition) is 1. The number of rotatable bonds is 4. The van der Waals surface area contributed by atoms with E-state index in [1.54, 1.807) is 11.8 Å². The van der Waals surface area contributed by atoms with Gasteiger partial charge in [-0.3, -0.25) is 4.79 Å². The first-order chi connectivity index (χ1) is 11.7. The van der Waals surface area contributed by atoms with Crippen LogP contribution in [0, 0.1) is 12.8 Å². The Labute approximate surface area is 146 Å². The molecule has 1 aromatic carbocycles. The number of aryl methyl sites for hydroxylation is 1. The monoisotopic (exact) mass is 342 g/mol. The highest BCUT2D eigenvalue weighted by atomic mass is 32.2. The van der Waals surface area contributed by atoms with Crippen molar-refractivity contribution in [3.05, 3.63) is 47.7 Å². The van der Waals surface area contributed by atoms with Gasteiger partial charge < -0.3 is 14.6 Å². The zero-order chi connectivity index (χ0) is 16.5. The van der Waals surface area contributed by atoms with E-state index in [2.05, 4.69) is 10.2 Å². The Balaban J connectivity index is 1.36. The van der Waals surface area contributed by atoms with Gasteiger partial charge in [-0.2, -0.15) is 0 Å². The number of carbonyl (C=O) groups is 1. The summed E-state index contributed by atoms with van der Waals surface area (Å²) in [5, 5.41) is 4.07. The second-order valence-corrected chi connectivity index (χ2v) is 7.89. The summed E-state index contributed by atoms with van der Waals surface area (Å²) in [5.74, 6) is 1.71. The number of benzene rings is 1. The maximum Gasteiger partial charge on any atom is 0.251 e. The fourth-order valence-electron chi connectivity index (χ4n) is 3.69. The van der Waals surface area contributed by atoms with E-state index in [0.717, 1.165) is 40.2 Å². The lowest BCUT2D eigenvalue weighted by Crippen LogP contribution is -2.47. The zero-order valence-corrected chi connectivity index (χ0v) is 14.6. The number of piperidine rings is 1. The molecule has 4 nitrogen and oxygen atoms in total. The van der Waals surface area contributed by atoms with Crippen molar-refractivity contribution in [2.45, 2.75) is 35.8 Å². The van der Waals surface area contributed by atoms with Gasteiger partial charge in [-0.25, -0.2) is 0 Å². The molecule has 0 saturated carbocycles. The molecule has 0 spiro atoms. The molecule has 2 saturated heterocycles. The largest absolute Gasteiger partial charge is 0.455 e. The smallest absolute Gasteiger partial charge is 0.251 e. The van der Waals surface area contributed by atoms with Gasteiger partial charge in [-0.1, -0.05) is 11.8 Å². The Bertz CT molecular complexity index is 713. The summed E-state index contributed by atoms with van der Waals surface area (Å²) < 4.78 is 5.57. The number of nitrogens with zero attached hydrogens (tertiary/aromatic N) is 1. The van der Waals surface area contributed by atoms with Crippen LogP contribution in [0.1, 0.15) is 29.0 Å². The third-order valence-electron chi connectivity index (χ3n) is 4.85. The van der Waals surface area contributed by atoms with Gasteiger partial charge in [0.1, 0.15) is 5.76 Å². The molecule has 4 rings (SSSR count). The lowest BCUT2D eigenvalue weighted by Gasteiger charge is -2.30. The fourth-order valence-corrected chi connectivity index (χ4v) is 4.50. The van der Waals surface area contributed by atoms with E-state index in [1.165, 1.54) is 19.5 Å². The van der Waals surface area contributed by atoms with Crippen LogP contribution in [-0.2, 0) is 0 Å². The first kappa shape index (κ1) is 15.8. The normalized spacial score (nSPS) is 25.6. The van der Waals surface area contributed by atoms with Crippen LogP contribution in [0.5, 0.6) is 0 Å². The number of carbonyl (C=O) groups excluding carboxylic acids is 1. The molecule has 2 aliphatic rings. The second-order valence-electron chi connectivity index (χ2n) is 6.81. The molecule has 2 aromatic rings. The van der Waals surface area contributed by atoms with Crippen molar-refractivity contribution >= 4 is 17.7 Å². The van der Waals surface area contributed by atoms with Crippen molar-refractivity contribution in [1.29, 1.82) is 0 Å². The van der Waals surface area contributed by atoms with E-state index < -0.39 is 0 Å². The van der Waals surface area contributed by atoms with E-state index in [0.29, 0.717) is 6.04 Å². The SMILES string of the molecule is Cc1ccc(Sc2ccc(C(=O)N[C@@H]3C[C@@H]4CCN(C4)C3)cc2)o1. The highest BCUT2D eigenvalue weighted by molar-refractivity contribution is 7.99. The average Bonchev–Trinajstić information content (AvgIpc) is 3.13. The summed E-state index contributed by atoms with van der Waals surface area (Å²) >= 11 is 1.57. The molecule has 0 radical (unpaired) electrons. The van der Waals surface area contributed by atoms with Gasteiger partial charge in [0.2, 0.25) is 0 Å². The van der Waals surface area contributed by atoms with Crippen LogP contribution >= 0.6 is 11.8 Å². The molecule has 3 atom stereocenters. The molecule has 2 aliphatic heterocycles. The number of furan rings is 1. The molecular formula is C19H22N2O2S. The van der Waals surface area contributed by atoms with E-state index in [-0.39, 0.29) is 5.91 Å². The van der Waals surface area contributed by atoms with E-state index in [4.69, 9.17) is 4.42 Å². The Morgan fingerprint density at radius 3 is 2.75 bits per heavy atom. The van der Waals surface area contributed by atoms with Crippen LogP contribution in [0.15, 0.2) is 50.8 Å². The molecule has 24 heavy (non-hydrogen) atoms. The fraction of sp³-hybridized carbons (Fsp3) is 0.421. The van der Waals surface area contributed by atoms with Gasteiger partial charge in [-0.15, -0.1) is 0 Å². The first-order valence-electron chi connectivity index (χ1n) is 8.53. The number of fused-ring (bicyclic) bond motifs is 2. The summed E-state index contributed by atoms with van der Waals surface area (Å²) in [6.45, 7) is 5.33. The molecular weight excluding hydrogens is 320 g/mol.